The van der Waals surface area contributed by atoms with E-state index >= 15 is 0 Å². The van der Waals surface area contributed by atoms with Gasteiger partial charge >= 0.3 is 0 Å². The number of methoxy groups -OCH3 is 1. The van der Waals surface area contributed by atoms with E-state index in [1.165, 1.54) is 13.5 Å². The van der Waals surface area contributed by atoms with Gasteiger partial charge in [-0.15, -0.1) is 0 Å². The van der Waals surface area contributed by atoms with Crippen molar-refractivity contribution in [2.24, 2.45) is 5.92 Å². The molecule has 1 aliphatic carbocycles. The molecular weight excluding hydrogens is 361 g/mol. The summed E-state index contributed by atoms with van der Waals surface area (Å²) in [7, 11) is 1.52. The Morgan fingerprint density at radius 3 is 2.32 bits per heavy atom. The van der Waals surface area contributed by atoms with E-state index in [4.69, 9.17) is 27.9 Å². The number of rotatable bonds is 6. The summed E-state index contributed by atoms with van der Waals surface area (Å²) >= 11 is 12.5. The van der Waals surface area contributed by atoms with Crippen LogP contribution in [0.3, 0.4) is 0 Å². The van der Waals surface area contributed by atoms with Crippen molar-refractivity contribution in [3.05, 3.63) is 27.7 Å². The largest absolute Gasteiger partial charge is 0.497 e. The molecule has 140 valence electrons. The Morgan fingerprint density at radius 2 is 1.84 bits per heavy atom. The maximum Gasteiger partial charge on any atom is 0.228 e. The van der Waals surface area contributed by atoms with Gasteiger partial charge in [-0.2, -0.15) is 0 Å². The number of aliphatic hydroxyl groups is 1. The van der Waals surface area contributed by atoms with Crippen LogP contribution in [0.2, 0.25) is 10.0 Å². The molecule has 1 aromatic rings. The summed E-state index contributed by atoms with van der Waals surface area (Å²) in [6.45, 7) is 4.36. The number of carbonyl (C=O) groups is 1. The fourth-order valence-electron chi connectivity index (χ4n) is 3.59. The third-order valence-electron chi connectivity index (χ3n) is 5.09. The molecule has 2 unspecified atom stereocenters. The quantitative estimate of drug-likeness (QED) is 0.758. The first-order chi connectivity index (χ1) is 11.9. The van der Waals surface area contributed by atoms with E-state index in [9.17, 15) is 9.90 Å². The number of hydrogen-bond donors (Lipinski definition) is 1. The minimum atomic E-state index is -1.06. The predicted molar refractivity (Wildman–Crippen MR) is 101 cm³/mol. The smallest absolute Gasteiger partial charge is 0.228 e. The maximum absolute atomic E-state index is 13.0. The number of hydrogen-bond acceptors (Lipinski definition) is 3. The number of nitrogens with zero attached hydrogens (tertiary/aromatic N) is 1. The average Bonchev–Trinajstić information content (AvgIpc) is 2.61. The summed E-state index contributed by atoms with van der Waals surface area (Å²) in [5, 5.41) is 11.4. The maximum atomic E-state index is 13.0. The van der Waals surface area contributed by atoms with Crippen LogP contribution in [0.4, 0.5) is 0 Å². The lowest BCUT2D eigenvalue weighted by molar-refractivity contribution is -0.141. The van der Waals surface area contributed by atoms with Crippen LogP contribution in [0.25, 0.3) is 0 Å². The van der Waals surface area contributed by atoms with Crippen LogP contribution in [-0.2, 0) is 4.79 Å². The zero-order valence-electron chi connectivity index (χ0n) is 15.1. The summed E-state index contributed by atoms with van der Waals surface area (Å²) in [6, 6.07) is 3.46. The molecule has 1 saturated carbocycles. The number of carbonyl (C=O) groups excluding carboxylic acids is 1. The highest BCUT2D eigenvalue weighted by Crippen LogP contribution is 2.38. The van der Waals surface area contributed by atoms with Gasteiger partial charge in [-0.3, -0.25) is 4.79 Å². The van der Waals surface area contributed by atoms with Gasteiger partial charge in [0, 0.05) is 18.2 Å². The van der Waals surface area contributed by atoms with Crippen LogP contribution in [0.15, 0.2) is 12.1 Å². The molecule has 0 radical (unpaired) electrons. The Balaban J connectivity index is 2.20. The van der Waals surface area contributed by atoms with Crippen LogP contribution in [0.1, 0.15) is 57.6 Å². The van der Waals surface area contributed by atoms with Gasteiger partial charge in [0.2, 0.25) is 5.91 Å². The van der Waals surface area contributed by atoms with E-state index in [1.54, 1.807) is 19.1 Å². The lowest BCUT2D eigenvalue weighted by Gasteiger charge is -2.36. The molecule has 1 amide bonds. The van der Waals surface area contributed by atoms with Crippen LogP contribution in [0, 0.1) is 5.92 Å². The molecule has 0 spiro atoms. The summed E-state index contributed by atoms with van der Waals surface area (Å²) in [6.07, 6.45) is 4.55. The molecule has 2 atom stereocenters. The molecule has 0 heterocycles. The molecule has 1 fully saturated rings. The van der Waals surface area contributed by atoms with Gasteiger partial charge in [-0.1, -0.05) is 49.4 Å². The first kappa shape index (κ1) is 20.3. The topological polar surface area (TPSA) is 49.8 Å². The Kier molecular flexibility index (Phi) is 7.41. The first-order valence-corrected chi connectivity index (χ1v) is 9.67. The van der Waals surface area contributed by atoms with Crippen molar-refractivity contribution in [1.82, 2.24) is 4.90 Å². The van der Waals surface area contributed by atoms with Gasteiger partial charge in [0.1, 0.15) is 5.75 Å². The van der Waals surface area contributed by atoms with E-state index in [0.717, 1.165) is 25.7 Å². The summed E-state index contributed by atoms with van der Waals surface area (Å²) in [5.74, 6) is -0.155. The molecule has 1 aromatic carbocycles. The summed E-state index contributed by atoms with van der Waals surface area (Å²) in [5.41, 5.74) is 0.379. The highest BCUT2D eigenvalue weighted by molar-refractivity contribution is 6.36. The van der Waals surface area contributed by atoms with Gasteiger partial charge in [0.25, 0.3) is 0 Å². The number of benzene rings is 1. The Labute approximate surface area is 160 Å². The van der Waals surface area contributed by atoms with Crippen molar-refractivity contribution in [3.8, 4) is 5.75 Å². The lowest BCUT2D eigenvalue weighted by atomic mass is 9.91. The Hall–Kier alpha value is -0.970. The van der Waals surface area contributed by atoms with Gasteiger partial charge in [-0.25, -0.2) is 0 Å². The molecular formula is C19H27Cl2NO3. The monoisotopic (exact) mass is 387 g/mol. The van der Waals surface area contributed by atoms with Crippen LogP contribution in [0.5, 0.6) is 5.75 Å². The van der Waals surface area contributed by atoms with Crippen LogP contribution < -0.4 is 4.74 Å². The number of amides is 1. The molecule has 2 rings (SSSR count). The van der Waals surface area contributed by atoms with E-state index in [2.05, 4.69) is 0 Å². The van der Waals surface area contributed by atoms with Crippen molar-refractivity contribution in [1.29, 1.82) is 0 Å². The second kappa shape index (κ2) is 9.11. The second-order valence-electron chi connectivity index (χ2n) is 6.65. The van der Waals surface area contributed by atoms with Gasteiger partial charge in [0.15, 0.2) is 0 Å². The molecule has 0 bridgehead atoms. The minimum absolute atomic E-state index is 0.0511. The van der Waals surface area contributed by atoms with Crippen LogP contribution >= 0.6 is 23.2 Å². The predicted octanol–water partition coefficient (Wildman–Crippen LogP) is 4.85. The van der Waals surface area contributed by atoms with Crippen molar-refractivity contribution in [2.75, 3.05) is 13.7 Å². The third-order valence-corrected chi connectivity index (χ3v) is 5.71. The van der Waals surface area contributed by atoms with E-state index in [1.807, 2.05) is 11.8 Å². The lowest BCUT2D eigenvalue weighted by Crippen LogP contribution is -2.45. The number of ether oxygens (including phenoxy) is 1. The number of aliphatic hydroxyl groups excluding tert-OH is 1. The highest BCUT2D eigenvalue weighted by Gasteiger charge is 2.33. The highest BCUT2D eigenvalue weighted by atomic mass is 35.5. The van der Waals surface area contributed by atoms with Crippen molar-refractivity contribution in [3.63, 3.8) is 0 Å². The van der Waals surface area contributed by atoms with E-state index in [-0.39, 0.29) is 11.9 Å². The molecule has 6 heteroatoms. The molecule has 1 N–H and O–H groups in total. The average molecular weight is 388 g/mol. The fourth-order valence-corrected chi connectivity index (χ4v) is 4.29. The van der Waals surface area contributed by atoms with E-state index in [0.29, 0.717) is 27.9 Å². The zero-order valence-corrected chi connectivity index (χ0v) is 16.6. The third kappa shape index (κ3) is 4.60. The molecule has 4 nitrogen and oxygen atoms in total. The Bertz CT molecular complexity index is 579. The van der Waals surface area contributed by atoms with Crippen LogP contribution in [-0.4, -0.2) is 35.6 Å². The van der Waals surface area contributed by atoms with Gasteiger partial charge < -0.3 is 14.7 Å². The standard InChI is InChI=1S/C19H27Cl2NO3/c1-4-22(13-8-6-5-7-9-13)19(24)12(2)18(23)17-15(20)10-14(25-3)11-16(17)21/h10-13,18,23H,4-9H2,1-3H3. The second-order valence-corrected chi connectivity index (χ2v) is 7.47. The normalized spacial score (nSPS) is 17.8. The van der Waals surface area contributed by atoms with Crippen molar-refractivity contribution >= 4 is 29.1 Å². The van der Waals surface area contributed by atoms with Gasteiger partial charge in [-0.05, 0) is 31.9 Å². The Morgan fingerprint density at radius 1 is 1.28 bits per heavy atom. The minimum Gasteiger partial charge on any atom is -0.497 e. The number of halogens is 2. The summed E-state index contributed by atoms with van der Waals surface area (Å²) < 4.78 is 5.13. The molecule has 0 aliphatic heterocycles. The first-order valence-electron chi connectivity index (χ1n) is 8.92. The van der Waals surface area contributed by atoms with E-state index < -0.39 is 12.0 Å². The SMILES string of the molecule is CCN(C(=O)C(C)C(O)c1c(Cl)cc(OC)cc1Cl)C1CCCCC1. The summed E-state index contributed by atoms with van der Waals surface area (Å²) in [4.78, 5) is 14.9. The molecule has 25 heavy (non-hydrogen) atoms. The molecule has 0 aromatic heterocycles. The van der Waals surface area contributed by atoms with Crippen molar-refractivity contribution in [2.45, 2.75) is 58.1 Å². The molecule has 1 aliphatic rings. The fraction of sp³-hybridized carbons (Fsp3) is 0.632. The zero-order chi connectivity index (χ0) is 18.6. The molecule has 0 saturated heterocycles. The van der Waals surface area contributed by atoms with Crippen molar-refractivity contribution < 1.29 is 14.6 Å². The van der Waals surface area contributed by atoms with Gasteiger partial charge in [0.05, 0.1) is 29.2 Å².